The lowest BCUT2D eigenvalue weighted by Gasteiger charge is -2.10. The minimum Gasteiger partial charge on any atom is -0.496 e. The van der Waals surface area contributed by atoms with Crippen molar-refractivity contribution in [1.82, 2.24) is 5.32 Å². The van der Waals surface area contributed by atoms with E-state index >= 15 is 0 Å². The van der Waals surface area contributed by atoms with Gasteiger partial charge < -0.3 is 14.8 Å². The van der Waals surface area contributed by atoms with Crippen LogP contribution in [0.4, 0.5) is 0 Å². The lowest BCUT2D eigenvalue weighted by molar-refractivity contribution is -0.117. The van der Waals surface area contributed by atoms with Crippen LogP contribution in [0.1, 0.15) is 12.5 Å². The van der Waals surface area contributed by atoms with Gasteiger partial charge in [0, 0.05) is 24.8 Å². The zero-order valence-electron chi connectivity index (χ0n) is 11.0. The Morgan fingerprint density at radius 3 is 2.78 bits per heavy atom. The third-order valence-electron chi connectivity index (χ3n) is 2.36. The van der Waals surface area contributed by atoms with E-state index in [2.05, 4.69) is 5.32 Å². The fourth-order valence-electron chi connectivity index (χ4n) is 1.55. The molecule has 4 nitrogen and oxygen atoms in total. The summed E-state index contributed by atoms with van der Waals surface area (Å²) in [5, 5.41) is 2.80. The number of ether oxygens (including phenoxy) is 2. The number of benzene rings is 1. The van der Waals surface area contributed by atoms with Crippen LogP contribution in [0.2, 0.25) is 0 Å². The molecule has 0 aromatic heterocycles. The molecular formula is C14H19NO3. The van der Waals surface area contributed by atoms with Crippen molar-refractivity contribution >= 4 is 12.0 Å². The highest BCUT2D eigenvalue weighted by molar-refractivity contribution is 5.92. The SMILES string of the molecule is COC[C@H](C)NC(=O)/C=C/c1ccccc1OC. The van der Waals surface area contributed by atoms with Gasteiger partial charge in [0.1, 0.15) is 5.75 Å². The normalized spacial score (nSPS) is 12.4. The summed E-state index contributed by atoms with van der Waals surface area (Å²) in [6.45, 7) is 2.38. The van der Waals surface area contributed by atoms with Crippen molar-refractivity contribution in [3.8, 4) is 5.75 Å². The van der Waals surface area contributed by atoms with Crippen LogP contribution in [0, 0.1) is 0 Å². The Labute approximate surface area is 108 Å². The van der Waals surface area contributed by atoms with Crippen LogP contribution in [0.25, 0.3) is 6.08 Å². The minimum absolute atomic E-state index is 0.00943. The summed E-state index contributed by atoms with van der Waals surface area (Å²) < 4.78 is 10.1. The molecule has 0 heterocycles. The van der Waals surface area contributed by atoms with E-state index in [1.54, 1.807) is 20.3 Å². The van der Waals surface area contributed by atoms with Crippen molar-refractivity contribution in [2.45, 2.75) is 13.0 Å². The van der Waals surface area contributed by atoms with Crippen LogP contribution >= 0.6 is 0 Å². The van der Waals surface area contributed by atoms with Gasteiger partial charge in [-0.15, -0.1) is 0 Å². The van der Waals surface area contributed by atoms with Gasteiger partial charge in [-0.3, -0.25) is 4.79 Å². The third kappa shape index (κ3) is 4.59. The Bertz CT molecular complexity index is 415. The summed E-state index contributed by atoms with van der Waals surface area (Å²) in [7, 11) is 3.21. The van der Waals surface area contributed by atoms with Gasteiger partial charge >= 0.3 is 0 Å². The standard InChI is InChI=1S/C14H19NO3/c1-11(10-17-2)15-14(16)9-8-12-6-4-5-7-13(12)18-3/h4-9,11H,10H2,1-3H3,(H,15,16)/b9-8+/t11-/m0/s1. The summed E-state index contributed by atoms with van der Waals surface area (Å²) in [6.07, 6.45) is 3.22. The second kappa shape index (κ2) is 7.50. The van der Waals surface area contributed by atoms with E-state index < -0.39 is 0 Å². The van der Waals surface area contributed by atoms with E-state index in [1.165, 1.54) is 6.08 Å². The van der Waals surface area contributed by atoms with Gasteiger partial charge in [-0.2, -0.15) is 0 Å². The van der Waals surface area contributed by atoms with Gasteiger partial charge in [-0.25, -0.2) is 0 Å². The molecule has 1 atom stereocenters. The molecule has 0 fully saturated rings. The maximum absolute atomic E-state index is 11.6. The van der Waals surface area contributed by atoms with Gasteiger partial charge in [0.05, 0.1) is 13.7 Å². The predicted molar refractivity (Wildman–Crippen MR) is 71.5 cm³/mol. The molecule has 0 spiro atoms. The summed E-state index contributed by atoms with van der Waals surface area (Å²) in [5.74, 6) is 0.594. The molecule has 18 heavy (non-hydrogen) atoms. The summed E-state index contributed by atoms with van der Waals surface area (Å²) in [4.78, 5) is 11.6. The maximum Gasteiger partial charge on any atom is 0.244 e. The van der Waals surface area contributed by atoms with E-state index in [9.17, 15) is 4.79 Å². The molecule has 0 radical (unpaired) electrons. The molecule has 1 aromatic rings. The first-order chi connectivity index (χ1) is 8.67. The number of para-hydroxylation sites is 1. The Balaban J connectivity index is 2.60. The van der Waals surface area contributed by atoms with Gasteiger partial charge in [-0.05, 0) is 19.1 Å². The number of methoxy groups -OCH3 is 2. The molecule has 0 unspecified atom stereocenters. The van der Waals surface area contributed by atoms with Gasteiger partial charge in [0.2, 0.25) is 5.91 Å². The zero-order valence-corrected chi connectivity index (χ0v) is 11.0. The van der Waals surface area contributed by atoms with Crippen molar-refractivity contribution in [3.63, 3.8) is 0 Å². The number of rotatable bonds is 6. The maximum atomic E-state index is 11.6. The molecule has 0 saturated heterocycles. The van der Waals surface area contributed by atoms with Crippen molar-refractivity contribution in [3.05, 3.63) is 35.9 Å². The molecule has 0 saturated carbocycles. The summed E-state index contributed by atoms with van der Waals surface area (Å²) in [6, 6.07) is 7.52. The monoisotopic (exact) mass is 249 g/mol. The fourth-order valence-corrected chi connectivity index (χ4v) is 1.55. The molecule has 98 valence electrons. The van der Waals surface area contributed by atoms with Crippen LogP contribution in [-0.2, 0) is 9.53 Å². The molecular weight excluding hydrogens is 230 g/mol. The minimum atomic E-state index is -0.148. The molecule has 1 N–H and O–H groups in total. The zero-order chi connectivity index (χ0) is 13.4. The fraction of sp³-hybridized carbons (Fsp3) is 0.357. The molecule has 1 aromatic carbocycles. The lowest BCUT2D eigenvalue weighted by Crippen LogP contribution is -2.34. The molecule has 0 aliphatic heterocycles. The van der Waals surface area contributed by atoms with Gasteiger partial charge in [0.25, 0.3) is 0 Å². The van der Waals surface area contributed by atoms with Crippen LogP contribution in [0.5, 0.6) is 5.75 Å². The van der Waals surface area contributed by atoms with Crippen LogP contribution < -0.4 is 10.1 Å². The Hall–Kier alpha value is -1.81. The largest absolute Gasteiger partial charge is 0.496 e. The van der Waals surface area contributed by atoms with Crippen molar-refractivity contribution in [2.75, 3.05) is 20.8 Å². The van der Waals surface area contributed by atoms with Crippen molar-refractivity contribution in [2.24, 2.45) is 0 Å². The average Bonchev–Trinajstić information content (AvgIpc) is 2.37. The molecule has 0 aliphatic rings. The average molecular weight is 249 g/mol. The van der Waals surface area contributed by atoms with Gasteiger partial charge in [-0.1, -0.05) is 18.2 Å². The molecule has 0 aliphatic carbocycles. The number of hydrogen-bond donors (Lipinski definition) is 1. The smallest absolute Gasteiger partial charge is 0.244 e. The van der Waals surface area contributed by atoms with E-state index in [1.807, 2.05) is 31.2 Å². The van der Waals surface area contributed by atoms with Crippen LogP contribution in [0.3, 0.4) is 0 Å². The molecule has 1 rings (SSSR count). The number of carbonyl (C=O) groups excluding carboxylic acids is 1. The summed E-state index contributed by atoms with van der Waals surface area (Å²) >= 11 is 0. The highest BCUT2D eigenvalue weighted by Gasteiger charge is 2.04. The number of nitrogens with one attached hydrogen (secondary N) is 1. The second-order valence-corrected chi connectivity index (χ2v) is 3.94. The molecule has 1 amide bonds. The van der Waals surface area contributed by atoms with Gasteiger partial charge in [0.15, 0.2) is 0 Å². The second-order valence-electron chi connectivity index (χ2n) is 3.94. The highest BCUT2D eigenvalue weighted by atomic mass is 16.5. The van der Waals surface area contributed by atoms with Crippen LogP contribution in [0.15, 0.2) is 30.3 Å². The van der Waals surface area contributed by atoms with E-state index in [0.29, 0.717) is 6.61 Å². The first-order valence-corrected chi connectivity index (χ1v) is 5.78. The Morgan fingerprint density at radius 2 is 2.11 bits per heavy atom. The van der Waals surface area contributed by atoms with E-state index in [4.69, 9.17) is 9.47 Å². The first-order valence-electron chi connectivity index (χ1n) is 5.78. The Morgan fingerprint density at radius 1 is 1.39 bits per heavy atom. The Kier molecular flexibility index (Phi) is 5.94. The topological polar surface area (TPSA) is 47.6 Å². The molecule has 0 bridgehead atoms. The van der Waals surface area contributed by atoms with Crippen molar-refractivity contribution in [1.29, 1.82) is 0 Å². The quantitative estimate of drug-likeness (QED) is 0.783. The third-order valence-corrected chi connectivity index (χ3v) is 2.36. The lowest BCUT2D eigenvalue weighted by atomic mass is 10.2. The highest BCUT2D eigenvalue weighted by Crippen LogP contribution is 2.18. The predicted octanol–water partition coefficient (Wildman–Crippen LogP) is 1.86. The van der Waals surface area contributed by atoms with Crippen LogP contribution in [-0.4, -0.2) is 32.8 Å². The summed E-state index contributed by atoms with van der Waals surface area (Å²) in [5.41, 5.74) is 0.870. The van der Waals surface area contributed by atoms with E-state index in [0.717, 1.165) is 11.3 Å². The molecule has 4 heteroatoms. The first kappa shape index (κ1) is 14.3. The van der Waals surface area contributed by atoms with E-state index in [-0.39, 0.29) is 11.9 Å². The van der Waals surface area contributed by atoms with Crippen molar-refractivity contribution < 1.29 is 14.3 Å². The number of hydrogen-bond acceptors (Lipinski definition) is 3. The number of carbonyl (C=O) groups is 1. The number of amides is 1.